The van der Waals surface area contributed by atoms with Gasteiger partial charge in [-0.2, -0.15) is 0 Å². The summed E-state index contributed by atoms with van der Waals surface area (Å²) < 4.78 is 0. The highest BCUT2D eigenvalue weighted by atomic mass is 16.1. The fraction of sp³-hybridized carbons (Fsp3) is 0.727. The number of hydrogen-bond acceptors (Lipinski definition) is 2. The number of ketones is 1. The van der Waals surface area contributed by atoms with Crippen LogP contribution in [-0.2, 0) is 4.79 Å². The molecule has 2 aliphatic rings. The Labute approximate surface area is 79.4 Å². The van der Waals surface area contributed by atoms with Gasteiger partial charge >= 0.3 is 0 Å². The minimum Gasteiger partial charge on any atom is -0.316 e. The minimum absolute atomic E-state index is 0.340. The molecule has 0 amide bonds. The summed E-state index contributed by atoms with van der Waals surface area (Å²) in [5.41, 5.74) is 1.41. The number of allylic oxidation sites excluding steroid dienone is 1. The normalized spacial score (nSPS) is 30.0. The molecule has 0 spiro atoms. The lowest BCUT2D eigenvalue weighted by molar-refractivity contribution is -0.115. The third kappa shape index (κ3) is 2.19. The molecule has 1 N–H and O–H groups in total. The molecule has 0 aromatic heterocycles. The van der Waals surface area contributed by atoms with Gasteiger partial charge in [0.2, 0.25) is 0 Å². The van der Waals surface area contributed by atoms with Crippen LogP contribution in [-0.4, -0.2) is 18.9 Å². The topological polar surface area (TPSA) is 29.1 Å². The first-order chi connectivity index (χ1) is 6.36. The van der Waals surface area contributed by atoms with Gasteiger partial charge in [0, 0.05) is 13.0 Å². The van der Waals surface area contributed by atoms with E-state index in [4.69, 9.17) is 0 Å². The molecule has 0 radical (unpaired) electrons. The number of rotatable bonds is 1. The molecule has 0 bridgehead atoms. The lowest BCUT2D eigenvalue weighted by atomic mass is 9.84. The zero-order valence-electron chi connectivity index (χ0n) is 8.01. The van der Waals surface area contributed by atoms with Crippen molar-refractivity contribution in [2.75, 3.05) is 13.1 Å². The SMILES string of the molecule is O=C1C=C(C2CCCNC2)CCC1. The monoisotopic (exact) mass is 179 g/mol. The van der Waals surface area contributed by atoms with E-state index in [1.54, 1.807) is 0 Å². The third-order valence-electron chi connectivity index (χ3n) is 3.06. The van der Waals surface area contributed by atoms with E-state index in [2.05, 4.69) is 5.32 Å². The van der Waals surface area contributed by atoms with E-state index in [9.17, 15) is 4.79 Å². The second-order valence-corrected chi connectivity index (χ2v) is 4.08. The smallest absolute Gasteiger partial charge is 0.155 e. The van der Waals surface area contributed by atoms with Gasteiger partial charge in [0.15, 0.2) is 5.78 Å². The molecule has 2 nitrogen and oxygen atoms in total. The molecule has 1 heterocycles. The largest absolute Gasteiger partial charge is 0.316 e. The molecule has 1 saturated heterocycles. The van der Waals surface area contributed by atoms with Crippen LogP contribution < -0.4 is 5.32 Å². The molecule has 1 unspecified atom stereocenters. The van der Waals surface area contributed by atoms with Crippen molar-refractivity contribution < 1.29 is 4.79 Å². The van der Waals surface area contributed by atoms with Gasteiger partial charge in [-0.1, -0.05) is 5.57 Å². The summed E-state index contributed by atoms with van der Waals surface area (Å²) in [7, 11) is 0. The van der Waals surface area contributed by atoms with Crippen LogP contribution >= 0.6 is 0 Å². The Morgan fingerprint density at radius 1 is 1.31 bits per heavy atom. The van der Waals surface area contributed by atoms with Gasteiger partial charge in [-0.25, -0.2) is 0 Å². The average molecular weight is 179 g/mol. The molecule has 1 aliphatic carbocycles. The number of carbonyl (C=O) groups is 1. The van der Waals surface area contributed by atoms with E-state index in [1.807, 2.05) is 6.08 Å². The summed E-state index contributed by atoms with van der Waals surface area (Å²) in [6.07, 6.45) is 7.42. The Morgan fingerprint density at radius 3 is 2.92 bits per heavy atom. The van der Waals surface area contributed by atoms with Crippen LogP contribution in [0, 0.1) is 5.92 Å². The molecular formula is C11H17NO. The van der Waals surface area contributed by atoms with Gasteiger partial charge in [0.25, 0.3) is 0 Å². The predicted molar refractivity (Wildman–Crippen MR) is 52.5 cm³/mol. The van der Waals surface area contributed by atoms with E-state index in [1.165, 1.54) is 18.4 Å². The van der Waals surface area contributed by atoms with E-state index in [-0.39, 0.29) is 0 Å². The number of hydrogen-bond donors (Lipinski definition) is 1. The summed E-state index contributed by atoms with van der Waals surface area (Å²) in [5, 5.41) is 3.39. The fourth-order valence-electron chi connectivity index (χ4n) is 2.31. The van der Waals surface area contributed by atoms with Gasteiger partial charge in [-0.05, 0) is 44.2 Å². The van der Waals surface area contributed by atoms with E-state index in [0.29, 0.717) is 11.7 Å². The van der Waals surface area contributed by atoms with Crippen molar-refractivity contribution in [2.45, 2.75) is 32.1 Å². The van der Waals surface area contributed by atoms with Gasteiger partial charge < -0.3 is 5.32 Å². The minimum atomic E-state index is 0.340. The Balaban J connectivity index is 2.01. The van der Waals surface area contributed by atoms with Crippen LogP contribution in [0.4, 0.5) is 0 Å². The van der Waals surface area contributed by atoms with Gasteiger partial charge in [0.05, 0.1) is 0 Å². The maximum Gasteiger partial charge on any atom is 0.155 e. The third-order valence-corrected chi connectivity index (χ3v) is 3.06. The molecule has 1 fully saturated rings. The van der Waals surface area contributed by atoms with Crippen molar-refractivity contribution in [2.24, 2.45) is 5.92 Å². The lowest BCUT2D eigenvalue weighted by Gasteiger charge is -2.26. The number of piperidine rings is 1. The van der Waals surface area contributed by atoms with Crippen LogP contribution in [0.3, 0.4) is 0 Å². The Kier molecular flexibility index (Phi) is 2.79. The van der Waals surface area contributed by atoms with Crippen LogP contribution in [0.2, 0.25) is 0 Å². The van der Waals surface area contributed by atoms with Crippen molar-refractivity contribution in [3.8, 4) is 0 Å². The van der Waals surface area contributed by atoms with Crippen LogP contribution in [0.25, 0.3) is 0 Å². The second kappa shape index (κ2) is 4.05. The Bertz CT molecular complexity index is 226. The summed E-state index contributed by atoms with van der Waals surface area (Å²) in [4.78, 5) is 11.2. The molecule has 72 valence electrons. The molecule has 13 heavy (non-hydrogen) atoms. The maximum absolute atomic E-state index is 11.2. The summed E-state index contributed by atoms with van der Waals surface area (Å²) >= 11 is 0. The number of nitrogens with one attached hydrogen (secondary N) is 1. The van der Waals surface area contributed by atoms with Crippen molar-refractivity contribution >= 4 is 5.78 Å². The van der Waals surface area contributed by atoms with Gasteiger partial charge in [-0.15, -0.1) is 0 Å². The predicted octanol–water partition coefficient (Wildman–Crippen LogP) is 1.67. The van der Waals surface area contributed by atoms with Crippen LogP contribution in [0.1, 0.15) is 32.1 Å². The van der Waals surface area contributed by atoms with Crippen LogP contribution in [0.15, 0.2) is 11.6 Å². The van der Waals surface area contributed by atoms with E-state index in [0.717, 1.165) is 32.4 Å². The highest BCUT2D eigenvalue weighted by Crippen LogP contribution is 2.26. The quantitative estimate of drug-likeness (QED) is 0.663. The molecular weight excluding hydrogens is 162 g/mol. The summed E-state index contributed by atoms with van der Waals surface area (Å²) in [6.45, 7) is 2.23. The molecule has 2 rings (SSSR count). The Hall–Kier alpha value is -0.630. The lowest BCUT2D eigenvalue weighted by Crippen LogP contribution is -2.31. The highest BCUT2D eigenvalue weighted by molar-refractivity contribution is 5.91. The number of carbonyl (C=O) groups excluding carboxylic acids is 1. The standard InChI is InChI=1S/C11H17NO/c13-11-5-1-3-9(7-11)10-4-2-6-12-8-10/h7,10,12H,1-6,8H2. The molecule has 2 heteroatoms. The van der Waals surface area contributed by atoms with Crippen LogP contribution in [0.5, 0.6) is 0 Å². The zero-order valence-corrected chi connectivity index (χ0v) is 8.01. The zero-order chi connectivity index (χ0) is 9.10. The summed E-state index contributed by atoms with van der Waals surface area (Å²) in [6, 6.07) is 0. The average Bonchev–Trinajstić information content (AvgIpc) is 2.19. The fourth-order valence-corrected chi connectivity index (χ4v) is 2.31. The molecule has 1 atom stereocenters. The Morgan fingerprint density at radius 2 is 2.23 bits per heavy atom. The second-order valence-electron chi connectivity index (χ2n) is 4.08. The highest BCUT2D eigenvalue weighted by Gasteiger charge is 2.20. The first-order valence-corrected chi connectivity index (χ1v) is 5.30. The first kappa shape index (κ1) is 8.95. The molecule has 0 saturated carbocycles. The van der Waals surface area contributed by atoms with Crippen molar-refractivity contribution in [1.29, 1.82) is 0 Å². The van der Waals surface area contributed by atoms with Crippen molar-refractivity contribution in [1.82, 2.24) is 5.32 Å². The molecule has 1 aliphatic heterocycles. The summed E-state index contributed by atoms with van der Waals surface area (Å²) in [5.74, 6) is 0.991. The van der Waals surface area contributed by atoms with E-state index < -0.39 is 0 Å². The molecule has 0 aromatic rings. The van der Waals surface area contributed by atoms with Gasteiger partial charge in [0.1, 0.15) is 0 Å². The van der Waals surface area contributed by atoms with E-state index >= 15 is 0 Å². The van der Waals surface area contributed by atoms with Gasteiger partial charge in [-0.3, -0.25) is 4.79 Å². The maximum atomic E-state index is 11.2. The first-order valence-electron chi connectivity index (χ1n) is 5.30. The van der Waals surface area contributed by atoms with Crippen molar-refractivity contribution in [3.63, 3.8) is 0 Å². The van der Waals surface area contributed by atoms with Crippen molar-refractivity contribution in [3.05, 3.63) is 11.6 Å². The molecule has 0 aromatic carbocycles.